The van der Waals surface area contributed by atoms with Crippen molar-refractivity contribution in [3.63, 3.8) is 0 Å². The maximum Gasteiger partial charge on any atom is 0.419 e. The Morgan fingerprint density at radius 1 is 1.14 bits per heavy atom. The first-order valence-corrected chi connectivity index (χ1v) is 7.39. The van der Waals surface area contributed by atoms with Gasteiger partial charge in [-0.15, -0.1) is 0 Å². The Hall–Kier alpha value is -1.39. The Morgan fingerprint density at radius 3 is 2.38 bits per heavy atom. The molecule has 0 aliphatic rings. The van der Waals surface area contributed by atoms with Gasteiger partial charge < -0.3 is 9.47 Å². The summed E-state index contributed by atoms with van der Waals surface area (Å²) in [4.78, 5) is 0. The molecule has 0 unspecified atom stereocenters. The average Bonchev–Trinajstić information content (AvgIpc) is 2.32. The number of hydrogen-bond donors (Lipinski definition) is 1. The molecule has 0 atom stereocenters. The number of benzene rings is 1. The van der Waals surface area contributed by atoms with Gasteiger partial charge in [0.1, 0.15) is 18.2 Å². The highest BCUT2D eigenvalue weighted by molar-refractivity contribution is 7.89. The SMILES string of the molecule is NS(=O)(=O)CCOCCOc1ccc(F)c(C(F)(F)F)c1. The summed E-state index contributed by atoms with van der Waals surface area (Å²) in [6, 6.07) is 2.24. The summed E-state index contributed by atoms with van der Waals surface area (Å²) in [5.74, 6) is -1.93. The molecule has 0 aliphatic heterocycles. The summed E-state index contributed by atoms with van der Waals surface area (Å²) in [5, 5.41) is 4.73. The van der Waals surface area contributed by atoms with E-state index < -0.39 is 27.6 Å². The monoisotopic (exact) mass is 331 g/mol. The van der Waals surface area contributed by atoms with Gasteiger partial charge in [-0.1, -0.05) is 0 Å². The van der Waals surface area contributed by atoms with Crippen LogP contribution >= 0.6 is 0 Å². The Bertz CT molecular complexity index is 574. The van der Waals surface area contributed by atoms with Crippen LogP contribution in [0.4, 0.5) is 17.6 Å². The molecule has 0 amide bonds. The molecular formula is C11H13F4NO4S. The van der Waals surface area contributed by atoms with Crippen LogP contribution in [0, 0.1) is 5.82 Å². The molecule has 0 aliphatic carbocycles. The van der Waals surface area contributed by atoms with Crippen molar-refractivity contribution < 1.29 is 35.5 Å². The second kappa shape index (κ2) is 7.05. The van der Waals surface area contributed by atoms with E-state index in [0.717, 1.165) is 6.07 Å². The van der Waals surface area contributed by atoms with Crippen LogP contribution in [0.15, 0.2) is 18.2 Å². The highest BCUT2D eigenvalue weighted by Crippen LogP contribution is 2.33. The maximum atomic E-state index is 13.0. The molecule has 0 fully saturated rings. The minimum Gasteiger partial charge on any atom is -0.491 e. The van der Waals surface area contributed by atoms with Gasteiger partial charge in [0.2, 0.25) is 10.0 Å². The molecule has 0 saturated carbocycles. The van der Waals surface area contributed by atoms with Gasteiger partial charge in [0.25, 0.3) is 0 Å². The molecule has 1 aromatic carbocycles. The molecule has 5 nitrogen and oxygen atoms in total. The van der Waals surface area contributed by atoms with Gasteiger partial charge in [-0.05, 0) is 18.2 Å². The van der Waals surface area contributed by atoms with Crippen LogP contribution in [-0.4, -0.2) is 34.0 Å². The Balaban J connectivity index is 2.43. The molecule has 0 radical (unpaired) electrons. The van der Waals surface area contributed by atoms with Crippen LogP contribution in [-0.2, 0) is 20.9 Å². The molecule has 0 heterocycles. The molecule has 120 valence electrons. The van der Waals surface area contributed by atoms with Crippen molar-refractivity contribution in [2.75, 3.05) is 25.6 Å². The number of sulfonamides is 1. The first kappa shape index (κ1) is 17.7. The van der Waals surface area contributed by atoms with Gasteiger partial charge in [0.15, 0.2) is 0 Å². The van der Waals surface area contributed by atoms with Crippen molar-refractivity contribution in [2.45, 2.75) is 6.18 Å². The zero-order valence-corrected chi connectivity index (χ0v) is 11.5. The van der Waals surface area contributed by atoms with Crippen LogP contribution in [0.1, 0.15) is 5.56 Å². The second-order valence-corrected chi connectivity index (χ2v) is 5.70. The highest BCUT2D eigenvalue weighted by Gasteiger charge is 2.34. The van der Waals surface area contributed by atoms with Crippen molar-refractivity contribution in [3.8, 4) is 5.75 Å². The summed E-state index contributed by atoms with van der Waals surface area (Å²) in [5.41, 5.74) is -1.42. The lowest BCUT2D eigenvalue weighted by Crippen LogP contribution is -2.21. The van der Waals surface area contributed by atoms with Gasteiger partial charge in [-0.3, -0.25) is 0 Å². The number of primary sulfonamides is 1. The highest BCUT2D eigenvalue weighted by atomic mass is 32.2. The van der Waals surface area contributed by atoms with E-state index >= 15 is 0 Å². The van der Waals surface area contributed by atoms with Crippen molar-refractivity contribution in [1.29, 1.82) is 0 Å². The number of ether oxygens (including phenoxy) is 2. The van der Waals surface area contributed by atoms with E-state index in [1.807, 2.05) is 0 Å². The molecule has 0 saturated heterocycles. The number of rotatable bonds is 7. The third kappa shape index (κ3) is 6.74. The van der Waals surface area contributed by atoms with Crippen LogP contribution in [0.2, 0.25) is 0 Å². The third-order valence-corrected chi connectivity index (χ3v) is 2.99. The van der Waals surface area contributed by atoms with Gasteiger partial charge in [-0.25, -0.2) is 17.9 Å². The molecule has 10 heteroatoms. The summed E-state index contributed by atoms with van der Waals surface area (Å²) in [6.45, 7) is -0.318. The summed E-state index contributed by atoms with van der Waals surface area (Å²) < 4.78 is 81.3. The Morgan fingerprint density at radius 2 is 1.81 bits per heavy atom. The van der Waals surface area contributed by atoms with E-state index in [-0.39, 0.29) is 31.3 Å². The van der Waals surface area contributed by atoms with Gasteiger partial charge in [0, 0.05) is 0 Å². The summed E-state index contributed by atoms with van der Waals surface area (Å²) in [6.07, 6.45) is -4.81. The smallest absolute Gasteiger partial charge is 0.419 e. The van der Waals surface area contributed by atoms with E-state index in [4.69, 9.17) is 14.6 Å². The predicted molar refractivity (Wildman–Crippen MR) is 65.7 cm³/mol. The zero-order chi connectivity index (χ0) is 16.1. The number of halogens is 4. The van der Waals surface area contributed by atoms with Crippen molar-refractivity contribution in [1.82, 2.24) is 0 Å². The van der Waals surface area contributed by atoms with Gasteiger partial charge in [0.05, 0.1) is 24.5 Å². The standard InChI is InChI=1S/C11H13F4NO4S/c12-10-2-1-8(7-9(10)11(13,14)15)20-4-3-19-5-6-21(16,17)18/h1-2,7H,3-6H2,(H2,16,17,18). The largest absolute Gasteiger partial charge is 0.491 e. The van der Waals surface area contributed by atoms with Crippen LogP contribution in [0.5, 0.6) is 5.75 Å². The quantitative estimate of drug-likeness (QED) is 0.607. The van der Waals surface area contributed by atoms with Crippen molar-refractivity contribution >= 4 is 10.0 Å². The second-order valence-electron chi connectivity index (χ2n) is 3.97. The van der Waals surface area contributed by atoms with Gasteiger partial charge in [-0.2, -0.15) is 13.2 Å². The van der Waals surface area contributed by atoms with E-state index in [1.165, 1.54) is 0 Å². The number of alkyl halides is 3. The van der Waals surface area contributed by atoms with Crippen molar-refractivity contribution in [3.05, 3.63) is 29.6 Å². The topological polar surface area (TPSA) is 78.6 Å². The van der Waals surface area contributed by atoms with E-state index in [9.17, 15) is 26.0 Å². The average molecular weight is 331 g/mol. The fraction of sp³-hybridized carbons (Fsp3) is 0.455. The molecule has 1 rings (SSSR count). The lowest BCUT2D eigenvalue weighted by Gasteiger charge is -2.11. The first-order chi connectivity index (χ1) is 9.59. The zero-order valence-electron chi connectivity index (χ0n) is 10.7. The molecule has 0 aromatic heterocycles. The van der Waals surface area contributed by atoms with Gasteiger partial charge >= 0.3 is 6.18 Å². The van der Waals surface area contributed by atoms with Crippen molar-refractivity contribution in [2.24, 2.45) is 5.14 Å². The van der Waals surface area contributed by atoms with E-state index in [2.05, 4.69) is 0 Å². The van der Waals surface area contributed by atoms with Crippen LogP contribution < -0.4 is 9.88 Å². The third-order valence-electron chi connectivity index (χ3n) is 2.25. The normalized spacial score (nSPS) is 12.4. The summed E-state index contributed by atoms with van der Waals surface area (Å²) in [7, 11) is -3.62. The molecule has 0 spiro atoms. The molecule has 21 heavy (non-hydrogen) atoms. The molecule has 0 bridgehead atoms. The fourth-order valence-corrected chi connectivity index (χ4v) is 1.66. The summed E-state index contributed by atoms with van der Waals surface area (Å²) >= 11 is 0. The molecule has 2 N–H and O–H groups in total. The first-order valence-electron chi connectivity index (χ1n) is 5.67. The number of hydrogen-bond acceptors (Lipinski definition) is 4. The maximum absolute atomic E-state index is 13.0. The minimum atomic E-state index is -4.81. The van der Waals surface area contributed by atoms with Crippen LogP contribution in [0.3, 0.4) is 0 Å². The lowest BCUT2D eigenvalue weighted by molar-refractivity contribution is -0.140. The number of nitrogens with two attached hydrogens (primary N) is 1. The minimum absolute atomic E-state index is 0.0474. The lowest BCUT2D eigenvalue weighted by atomic mass is 10.2. The fourth-order valence-electron chi connectivity index (χ4n) is 1.31. The molecule has 1 aromatic rings. The van der Waals surface area contributed by atoms with Crippen LogP contribution in [0.25, 0.3) is 0 Å². The van der Waals surface area contributed by atoms with E-state index in [0.29, 0.717) is 12.1 Å². The van der Waals surface area contributed by atoms with E-state index in [1.54, 1.807) is 0 Å². The predicted octanol–water partition coefficient (Wildman–Crippen LogP) is 1.53. The Kier molecular flexibility index (Phi) is 5.93. The Labute approximate surface area is 118 Å². The molecular weight excluding hydrogens is 318 g/mol.